The van der Waals surface area contributed by atoms with Gasteiger partial charge >= 0.3 is 0 Å². The lowest BCUT2D eigenvalue weighted by Gasteiger charge is -2.18. The molecule has 0 aliphatic heterocycles. The highest BCUT2D eigenvalue weighted by Gasteiger charge is 2.18. The summed E-state index contributed by atoms with van der Waals surface area (Å²) in [5, 5.41) is 11.7. The van der Waals surface area contributed by atoms with Crippen LogP contribution in [0.2, 0.25) is 0 Å². The van der Waals surface area contributed by atoms with Crippen molar-refractivity contribution in [2.45, 2.75) is 19.9 Å². The van der Waals surface area contributed by atoms with Crippen molar-refractivity contribution >= 4 is 0 Å². The van der Waals surface area contributed by atoms with Gasteiger partial charge in [0.2, 0.25) is 0 Å². The zero-order chi connectivity index (χ0) is 13.1. The van der Waals surface area contributed by atoms with E-state index in [1.807, 2.05) is 13.8 Å². The summed E-state index contributed by atoms with van der Waals surface area (Å²) < 4.78 is 13.4. The van der Waals surface area contributed by atoms with Gasteiger partial charge in [0.05, 0.1) is 12.2 Å². The maximum absolute atomic E-state index is 13.4. The highest BCUT2D eigenvalue weighted by atomic mass is 19.1. The Morgan fingerprint density at radius 3 is 2.83 bits per heavy atom. The monoisotopic (exact) mass is 248 g/mol. The lowest BCUT2D eigenvalue weighted by Crippen LogP contribution is -2.23. The Bertz CT molecular complexity index is 536. The van der Waals surface area contributed by atoms with Gasteiger partial charge in [-0.15, -0.1) is 0 Å². The SMILES string of the molecule is CCNC(c1cnn(C)n1)c1cc(F)ccc1C. The van der Waals surface area contributed by atoms with Crippen molar-refractivity contribution in [2.24, 2.45) is 7.05 Å². The summed E-state index contributed by atoms with van der Waals surface area (Å²) in [7, 11) is 1.77. The first-order valence-electron chi connectivity index (χ1n) is 5.97. The maximum Gasteiger partial charge on any atom is 0.123 e. The van der Waals surface area contributed by atoms with Gasteiger partial charge in [-0.2, -0.15) is 15.0 Å². The molecular formula is C13H17FN4. The van der Waals surface area contributed by atoms with Crippen LogP contribution >= 0.6 is 0 Å². The van der Waals surface area contributed by atoms with Crippen molar-refractivity contribution < 1.29 is 4.39 Å². The minimum absolute atomic E-state index is 0.126. The molecule has 2 rings (SSSR count). The van der Waals surface area contributed by atoms with E-state index in [9.17, 15) is 4.39 Å². The van der Waals surface area contributed by atoms with Crippen molar-refractivity contribution in [3.8, 4) is 0 Å². The largest absolute Gasteiger partial charge is 0.305 e. The second-order valence-electron chi connectivity index (χ2n) is 4.25. The molecule has 4 nitrogen and oxygen atoms in total. The average molecular weight is 248 g/mol. The third-order valence-electron chi connectivity index (χ3n) is 2.87. The van der Waals surface area contributed by atoms with Crippen molar-refractivity contribution in [1.29, 1.82) is 0 Å². The van der Waals surface area contributed by atoms with Crippen LogP contribution in [0, 0.1) is 12.7 Å². The molecule has 1 unspecified atom stereocenters. The molecule has 18 heavy (non-hydrogen) atoms. The molecule has 1 aromatic heterocycles. The van der Waals surface area contributed by atoms with Crippen LogP contribution in [0.3, 0.4) is 0 Å². The van der Waals surface area contributed by atoms with Crippen molar-refractivity contribution in [2.75, 3.05) is 6.54 Å². The molecule has 0 fully saturated rings. The molecule has 2 aromatic rings. The van der Waals surface area contributed by atoms with Crippen LogP contribution in [0.5, 0.6) is 0 Å². The molecule has 96 valence electrons. The summed E-state index contributed by atoms with van der Waals surface area (Å²) >= 11 is 0. The molecule has 0 radical (unpaired) electrons. The van der Waals surface area contributed by atoms with E-state index in [0.29, 0.717) is 0 Å². The molecule has 1 atom stereocenters. The number of hydrogen-bond donors (Lipinski definition) is 1. The highest BCUT2D eigenvalue weighted by molar-refractivity contribution is 5.34. The van der Waals surface area contributed by atoms with E-state index in [1.54, 1.807) is 25.4 Å². The molecule has 0 amide bonds. The Morgan fingerprint density at radius 2 is 2.22 bits per heavy atom. The summed E-state index contributed by atoms with van der Waals surface area (Å²) in [5.74, 6) is -0.234. The third kappa shape index (κ3) is 2.56. The van der Waals surface area contributed by atoms with Gasteiger partial charge in [0, 0.05) is 7.05 Å². The Kier molecular flexibility index (Phi) is 3.72. The van der Waals surface area contributed by atoms with E-state index in [-0.39, 0.29) is 11.9 Å². The van der Waals surface area contributed by atoms with E-state index in [0.717, 1.165) is 23.4 Å². The van der Waals surface area contributed by atoms with Gasteiger partial charge < -0.3 is 5.32 Å². The van der Waals surface area contributed by atoms with Crippen LogP contribution in [0.25, 0.3) is 0 Å². The van der Waals surface area contributed by atoms with Crippen LogP contribution in [0.4, 0.5) is 4.39 Å². The van der Waals surface area contributed by atoms with Gasteiger partial charge in [-0.05, 0) is 36.7 Å². The van der Waals surface area contributed by atoms with Gasteiger partial charge in [0.25, 0.3) is 0 Å². The summed E-state index contributed by atoms with van der Waals surface area (Å²) in [6.45, 7) is 4.75. The molecule has 1 aromatic carbocycles. The maximum atomic E-state index is 13.4. The van der Waals surface area contributed by atoms with E-state index in [2.05, 4.69) is 15.5 Å². The first-order chi connectivity index (χ1) is 8.61. The lowest BCUT2D eigenvalue weighted by molar-refractivity contribution is 0.576. The van der Waals surface area contributed by atoms with Crippen LogP contribution in [0.15, 0.2) is 24.4 Å². The van der Waals surface area contributed by atoms with Gasteiger partial charge in [-0.1, -0.05) is 13.0 Å². The fraction of sp³-hybridized carbons (Fsp3) is 0.385. The molecule has 0 aliphatic rings. The predicted molar refractivity (Wildman–Crippen MR) is 67.7 cm³/mol. The van der Waals surface area contributed by atoms with E-state index < -0.39 is 0 Å². The zero-order valence-corrected chi connectivity index (χ0v) is 10.8. The molecule has 5 heteroatoms. The predicted octanol–water partition coefficient (Wildman–Crippen LogP) is 1.96. The van der Waals surface area contributed by atoms with E-state index >= 15 is 0 Å². The number of aryl methyl sites for hydroxylation is 2. The second kappa shape index (κ2) is 5.27. The van der Waals surface area contributed by atoms with Crippen LogP contribution in [-0.2, 0) is 7.05 Å². The highest BCUT2D eigenvalue weighted by Crippen LogP contribution is 2.23. The number of aromatic nitrogens is 3. The van der Waals surface area contributed by atoms with Gasteiger partial charge in [0.15, 0.2) is 0 Å². The molecule has 0 aliphatic carbocycles. The van der Waals surface area contributed by atoms with E-state index in [4.69, 9.17) is 0 Å². The molecule has 1 N–H and O–H groups in total. The first kappa shape index (κ1) is 12.7. The van der Waals surface area contributed by atoms with Crippen molar-refractivity contribution in [3.05, 3.63) is 47.0 Å². The second-order valence-corrected chi connectivity index (χ2v) is 4.25. The van der Waals surface area contributed by atoms with Gasteiger partial charge in [0.1, 0.15) is 11.5 Å². The molecule has 0 saturated heterocycles. The van der Waals surface area contributed by atoms with E-state index in [1.165, 1.54) is 10.9 Å². The zero-order valence-electron chi connectivity index (χ0n) is 10.8. The normalized spacial score (nSPS) is 12.7. The summed E-state index contributed by atoms with van der Waals surface area (Å²) in [5.41, 5.74) is 2.73. The molecular weight excluding hydrogens is 231 g/mol. The Balaban J connectivity index is 2.44. The van der Waals surface area contributed by atoms with Crippen LogP contribution in [-0.4, -0.2) is 21.5 Å². The molecule has 0 saturated carbocycles. The number of benzene rings is 1. The smallest absolute Gasteiger partial charge is 0.123 e. The minimum atomic E-state index is -0.234. The Labute approximate surface area is 106 Å². The molecule has 0 spiro atoms. The molecule has 1 heterocycles. The number of halogens is 1. The number of rotatable bonds is 4. The van der Waals surface area contributed by atoms with Gasteiger partial charge in [-0.3, -0.25) is 0 Å². The quantitative estimate of drug-likeness (QED) is 0.899. The van der Waals surface area contributed by atoms with Crippen LogP contribution in [0.1, 0.15) is 29.8 Å². The fourth-order valence-electron chi connectivity index (χ4n) is 1.99. The fourth-order valence-corrected chi connectivity index (χ4v) is 1.99. The molecule has 0 bridgehead atoms. The Morgan fingerprint density at radius 1 is 1.44 bits per heavy atom. The topological polar surface area (TPSA) is 42.7 Å². The third-order valence-corrected chi connectivity index (χ3v) is 2.87. The van der Waals surface area contributed by atoms with Gasteiger partial charge in [-0.25, -0.2) is 4.39 Å². The lowest BCUT2D eigenvalue weighted by atomic mass is 9.99. The number of hydrogen-bond acceptors (Lipinski definition) is 3. The summed E-state index contributed by atoms with van der Waals surface area (Å²) in [4.78, 5) is 1.51. The first-order valence-corrected chi connectivity index (χ1v) is 5.97. The number of nitrogens with one attached hydrogen (secondary N) is 1. The summed E-state index contributed by atoms with van der Waals surface area (Å²) in [6.07, 6.45) is 1.71. The van der Waals surface area contributed by atoms with Crippen molar-refractivity contribution in [3.63, 3.8) is 0 Å². The number of nitrogens with zero attached hydrogens (tertiary/aromatic N) is 3. The Hall–Kier alpha value is -1.75. The average Bonchev–Trinajstić information content (AvgIpc) is 2.76. The summed E-state index contributed by atoms with van der Waals surface area (Å²) in [6, 6.07) is 4.68. The standard InChI is InChI=1S/C13H17FN4/c1-4-15-13(12-8-16-18(3)17-12)11-7-10(14)6-5-9(11)2/h5-8,13,15H,4H2,1-3H3. The van der Waals surface area contributed by atoms with Crippen LogP contribution < -0.4 is 5.32 Å². The minimum Gasteiger partial charge on any atom is -0.305 e. The van der Waals surface area contributed by atoms with Crippen molar-refractivity contribution in [1.82, 2.24) is 20.3 Å².